The monoisotopic (exact) mass is 476 g/mol. The SMILES string of the molecule is CCCCCNC(=O)NS(=O)(=O)c1ccc(I)cc1C1=CCCCC1. The minimum absolute atomic E-state index is 0.171. The van der Waals surface area contributed by atoms with Crippen molar-refractivity contribution in [3.63, 3.8) is 0 Å². The number of nitrogens with one attached hydrogen (secondary N) is 2. The molecular weight excluding hydrogens is 451 g/mol. The van der Waals surface area contributed by atoms with Crippen molar-refractivity contribution in [2.75, 3.05) is 6.54 Å². The summed E-state index contributed by atoms with van der Waals surface area (Å²) in [4.78, 5) is 12.1. The molecule has 138 valence electrons. The number of carbonyl (C=O) groups excluding carboxylic acids is 1. The van der Waals surface area contributed by atoms with Crippen LogP contribution in [0.4, 0.5) is 4.79 Å². The number of hydrogen-bond donors (Lipinski definition) is 2. The van der Waals surface area contributed by atoms with Crippen molar-refractivity contribution in [3.8, 4) is 0 Å². The van der Waals surface area contributed by atoms with Gasteiger partial charge in [0, 0.05) is 10.1 Å². The number of benzene rings is 1. The number of sulfonamides is 1. The molecule has 0 atom stereocenters. The van der Waals surface area contributed by atoms with Crippen molar-refractivity contribution in [2.45, 2.75) is 56.8 Å². The molecule has 0 saturated carbocycles. The molecule has 2 amide bonds. The van der Waals surface area contributed by atoms with Crippen LogP contribution in [0.15, 0.2) is 29.2 Å². The third-order valence-electron chi connectivity index (χ3n) is 4.16. The fourth-order valence-electron chi connectivity index (χ4n) is 2.86. The number of rotatable bonds is 7. The van der Waals surface area contributed by atoms with Crippen molar-refractivity contribution in [1.29, 1.82) is 0 Å². The van der Waals surface area contributed by atoms with Crippen LogP contribution >= 0.6 is 22.6 Å². The first-order valence-electron chi connectivity index (χ1n) is 8.73. The molecule has 0 unspecified atom stereocenters. The number of allylic oxidation sites excluding steroid dienone is 2. The number of urea groups is 1. The second kappa shape index (κ2) is 9.56. The number of hydrogen-bond acceptors (Lipinski definition) is 3. The maximum absolute atomic E-state index is 12.7. The van der Waals surface area contributed by atoms with Crippen LogP contribution < -0.4 is 10.0 Å². The van der Waals surface area contributed by atoms with Gasteiger partial charge in [0.05, 0.1) is 4.90 Å². The first kappa shape index (κ1) is 20.2. The maximum Gasteiger partial charge on any atom is 0.328 e. The van der Waals surface area contributed by atoms with Gasteiger partial charge in [-0.1, -0.05) is 25.8 Å². The minimum atomic E-state index is -3.91. The molecule has 0 radical (unpaired) electrons. The molecule has 0 fully saturated rings. The van der Waals surface area contributed by atoms with Crippen LogP contribution in [0, 0.1) is 3.57 Å². The molecule has 25 heavy (non-hydrogen) atoms. The Morgan fingerprint density at radius 2 is 2.04 bits per heavy atom. The van der Waals surface area contributed by atoms with Crippen LogP contribution in [-0.2, 0) is 10.0 Å². The van der Waals surface area contributed by atoms with E-state index < -0.39 is 16.1 Å². The lowest BCUT2D eigenvalue weighted by molar-refractivity contribution is 0.245. The zero-order valence-corrected chi connectivity index (χ0v) is 17.5. The van der Waals surface area contributed by atoms with Crippen LogP contribution in [0.25, 0.3) is 5.57 Å². The van der Waals surface area contributed by atoms with E-state index >= 15 is 0 Å². The summed E-state index contributed by atoms with van der Waals surface area (Å²) < 4.78 is 28.5. The summed E-state index contributed by atoms with van der Waals surface area (Å²) in [6, 6.07) is 4.55. The Morgan fingerprint density at radius 3 is 2.72 bits per heavy atom. The molecule has 0 bridgehead atoms. The van der Waals surface area contributed by atoms with E-state index in [0.717, 1.165) is 54.1 Å². The van der Waals surface area contributed by atoms with Gasteiger partial charge in [-0.25, -0.2) is 17.9 Å². The number of amides is 2. The zero-order chi connectivity index (χ0) is 18.3. The number of carbonyl (C=O) groups is 1. The molecule has 1 aromatic rings. The average Bonchev–Trinajstić information content (AvgIpc) is 2.59. The van der Waals surface area contributed by atoms with Gasteiger partial charge in [-0.2, -0.15) is 0 Å². The molecule has 1 aliphatic carbocycles. The normalized spacial score (nSPS) is 14.7. The predicted octanol–water partition coefficient (Wildman–Crippen LogP) is 4.43. The van der Waals surface area contributed by atoms with E-state index in [-0.39, 0.29) is 4.90 Å². The largest absolute Gasteiger partial charge is 0.337 e. The Balaban J connectivity index is 2.18. The van der Waals surface area contributed by atoms with Crippen molar-refractivity contribution in [1.82, 2.24) is 10.0 Å². The highest BCUT2D eigenvalue weighted by atomic mass is 127. The van der Waals surface area contributed by atoms with Crippen LogP contribution in [-0.4, -0.2) is 21.0 Å². The molecule has 2 N–H and O–H groups in total. The molecule has 0 heterocycles. The lowest BCUT2D eigenvalue weighted by Crippen LogP contribution is -2.40. The lowest BCUT2D eigenvalue weighted by atomic mass is 9.94. The number of unbranched alkanes of at least 4 members (excludes halogenated alkanes) is 2. The van der Waals surface area contributed by atoms with Crippen LogP contribution in [0.5, 0.6) is 0 Å². The third-order valence-corrected chi connectivity index (χ3v) is 6.22. The van der Waals surface area contributed by atoms with E-state index in [9.17, 15) is 13.2 Å². The fourth-order valence-corrected chi connectivity index (χ4v) is 4.50. The summed E-state index contributed by atoms with van der Waals surface area (Å²) >= 11 is 2.18. The summed E-state index contributed by atoms with van der Waals surface area (Å²) in [5.41, 5.74) is 1.76. The Bertz CT molecular complexity index is 745. The molecule has 7 heteroatoms. The molecule has 0 saturated heterocycles. The van der Waals surface area contributed by atoms with E-state index in [1.54, 1.807) is 12.1 Å². The van der Waals surface area contributed by atoms with Gasteiger partial charge < -0.3 is 5.32 Å². The summed E-state index contributed by atoms with van der Waals surface area (Å²) in [5, 5.41) is 2.61. The predicted molar refractivity (Wildman–Crippen MR) is 109 cm³/mol. The van der Waals surface area contributed by atoms with Crippen molar-refractivity contribution in [2.24, 2.45) is 0 Å². The molecule has 1 aromatic carbocycles. The van der Waals surface area contributed by atoms with Gasteiger partial charge in [-0.3, -0.25) is 0 Å². The highest BCUT2D eigenvalue weighted by Crippen LogP contribution is 2.32. The van der Waals surface area contributed by atoms with E-state index in [0.29, 0.717) is 12.1 Å². The van der Waals surface area contributed by atoms with E-state index in [1.165, 1.54) is 0 Å². The van der Waals surface area contributed by atoms with Gasteiger partial charge in [0.25, 0.3) is 10.0 Å². The van der Waals surface area contributed by atoms with E-state index in [1.807, 2.05) is 6.07 Å². The Labute approximate surface area is 163 Å². The van der Waals surface area contributed by atoms with Gasteiger partial charge in [0.2, 0.25) is 0 Å². The van der Waals surface area contributed by atoms with E-state index in [4.69, 9.17) is 0 Å². The summed E-state index contributed by atoms with van der Waals surface area (Å²) in [5.74, 6) is 0. The van der Waals surface area contributed by atoms with E-state index in [2.05, 4.69) is 45.6 Å². The number of halogens is 1. The van der Waals surface area contributed by atoms with Crippen molar-refractivity contribution in [3.05, 3.63) is 33.4 Å². The first-order chi connectivity index (χ1) is 11.9. The molecule has 0 aromatic heterocycles. The standard InChI is InChI=1S/C18H25IN2O3S/c1-2-3-7-12-20-18(22)21-25(23,24)17-11-10-15(19)13-16(17)14-8-5-4-6-9-14/h8,10-11,13H,2-7,9,12H2,1H3,(H2,20,21,22). The van der Waals surface area contributed by atoms with Crippen molar-refractivity contribution < 1.29 is 13.2 Å². The van der Waals surface area contributed by atoms with Crippen LogP contribution in [0.3, 0.4) is 0 Å². The van der Waals surface area contributed by atoms with Gasteiger partial charge >= 0.3 is 6.03 Å². The molecule has 0 spiro atoms. The highest BCUT2D eigenvalue weighted by molar-refractivity contribution is 14.1. The fraction of sp³-hybridized carbons (Fsp3) is 0.500. The molecule has 5 nitrogen and oxygen atoms in total. The topological polar surface area (TPSA) is 75.3 Å². The molecule has 0 aliphatic heterocycles. The summed E-state index contributed by atoms with van der Waals surface area (Å²) in [6.45, 7) is 2.54. The first-order valence-corrected chi connectivity index (χ1v) is 11.3. The molecular formula is C18H25IN2O3S. The molecule has 1 aliphatic rings. The summed E-state index contributed by atoms with van der Waals surface area (Å²) in [6.07, 6.45) is 9.02. The van der Waals surface area contributed by atoms with Crippen LogP contribution in [0.1, 0.15) is 57.4 Å². The zero-order valence-electron chi connectivity index (χ0n) is 14.5. The van der Waals surface area contributed by atoms with Gasteiger partial charge in [-0.15, -0.1) is 0 Å². The Morgan fingerprint density at radius 1 is 1.24 bits per heavy atom. The Kier molecular flexibility index (Phi) is 7.74. The summed E-state index contributed by atoms with van der Waals surface area (Å²) in [7, 11) is -3.91. The van der Waals surface area contributed by atoms with Crippen LogP contribution in [0.2, 0.25) is 0 Å². The highest BCUT2D eigenvalue weighted by Gasteiger charge is 2.23. The van der Waals surface area contributed by atoms with Crippen molar-refractivity contribution >= 4 is 44.2 Å². The third kappa shape index (κ3) is 5.99. The Hall–Kier alpha value is -1.09. The second-order valence-electron chi connectivity index (χ2n) is 6.18. The lowest BCUT2D eigenvalue weighted by Gasteiger charge is -2.17. The van der Waals surface area contributed by atoms with Gasteiger partial charge in [0.1, 0.15) is 0 Å². The maximum atomic E-state index is 12.7. The quantitative estimate of drug-likeness (QED) is 0.452. The average molecular weight is 476 g/mol. The minimum Gasteiger partial charge on any atom is -0.337 e. The smallest absolute Gasteiger partial charge is 0.328 e. The second-order valence-corrected chi connectivity index (χ2v) is 9.08. The molecule has 2 rings (SSSR count). The van der Waals surface area contributed by atoms with Gasteiger partial charge in [0.15, 0.2) is 0 Å². The van der Waals surface area contributed by atoms with Gasteiger partial charge in [-0.05, 0) is 84.0 Å².